The first-order chi connectivity index (χ1) is 9.76. The van der Waals surface area contributed by atoms with Crippen molar-refractivity contribution < 1.29 is 9.90 Å². The van der Waals surface area contributed by atoms with Gasteiger partial charge in [-0.3, -0.25) is 4.79 Å². The normalized spacial score (nSPS) is 10.7. The molecule has 2 heterocycles. The van der Waals surface area contributed by atoms with E-state index in [1.54, 1.807) is 34.9 Å². The molecule has 0 saturated carbocycles. The SMILES string of the molecule is O=C(Nc1ccc(CO)cc1)c1cn2ccccc2n1. The number of anilines is 1. The van der Waals surface area contributed by atoms with Crippen LogP contribution in [-0.2, 0) is 6.61 Å². The number of nitrogens with one attached hydrogen (secondary N) is 1. The number of aliphatic hydroxyl groups excluding tert-OH is 1. The summed E-state index contributed by atoms with van der Waals surface area (Å²) >= 11 is 0. The molecule has 1 aromatic carbocycles. The summed E-state index contributed by atoms with van der Waals surface area (Å²) in [5, 5.41) is 11.7. The van der Waals surface area contributed by atoms with Crippen molar-refractivity contribution in [3.05, 3.63) is 66.1 Å². The van der Waals surface area contributed by atoms with Crippen molar-refractivity contribution in [2.75, 3.05) is 5.32 Å². The van der Waals surface area contributed by atoms with Gasteiger partial charge in [-0.2, -0.15) is 0 Å². The van der Waals surface area contributed by atoms with Gasteiger partial charge in [0.1, 0.15) is 11.3 Å². The molecule has 100 valence electrons. The fraction of sp³-hybridized carbons (Fsp3) is 0.0667. The number of rotatable bonds is 3. The van der Waals surface area contributed by atoms with E-state index in [2.05, 4.69) is 10.3 Å². The fourth-order valence-electron chi connectivity index (χ4n) is 1.93. The van der Waals surface area contributed by atoms with Gasteiger partial charge in [-0.25, -0.2) is 4.98 Å². The average molecular weight is 267 g/mol. The maximum Gasteiger partial charge on any atom is 0.275 e. The molecule has 3 aromatic rings. The van der Waals surface area contributed by atoms with Crippen LogP contribution >= 0.6 is 0 Å². The molecule has 0 fully saturated rings. The number of benzene rings is 1. The smallest absolute Gasteiger partial charge is 0.275 e. The van der Waals surface area contributed by atoms with E-state index in [0.717, 1.165) is 11.2 Å². The predicted octanol–water partition coefficient (Wildman–Crippen LogP) is 2.08. The largest absolute Gasteiger partial charge is 0.392 e. The van der Waals surface area contributed by atoms with Gasteiger partial charge in [0.25, 0.3) is 5.91 Å². The summed E-state index contributed by atoms with van der Waals surface area (Å²) in [4.78, 5) is 16.4. The molecule has 5 heteroatoms. The van der Waals surface area contributed by atoms with Gasteiger partial charge in [-0.05, 0) is 29.8 Å². The minimum absolute atomic E-state index is 0.0132. The van der Waals surface area contributed by atoms with Crippen LogP contribution in [0.3, 0.4) is 0 Å². The third kappa shape index (κ3) is 2.39. The van der Waals surface area contributed by atoms with Gasteiger partial charge < -0.3 is 14.8 Å². The maximum absolute atomic E-state index is 12.1. The Bertz CT molecular complexity index is 714. The van der Waals surface area contributed by atoms with Gasteiger partial charge in [-0.1, -0.05) is 18.2 Å². The summed E-state index contributed by atoms with van der Waals surface area (Å²) in [7, 11) is 0. The lowest BCUT2D eigenvalue weighted by molar-refractivity contribution is 0.102. The molecule has 2 aromatic heterocycles. The van der Waals surface area contributed by atoms with Crippen molar-refractivity contribution in [2.24, 2.45) is 0 Å². The number of pyridine rings is 1. The van der Waals surface area contributed by atoms with Gasteiger partial charge >= 0.3 is 0 Å². The van der Waals surface area contributed by atoms with Crippen molar-refractivity contribution in [1.82, 2.24) is 9.38 Å². The first-order valence-electron chi connectivity index (χ1n) is 6.21. The summed E-state index contributed by atoms with van der Waals surface area (Å²) in [6, 6.07) is 12.6. The number of aliphatic hydroxyl groups is 1. The Morgan fingerprint density at radius 2 is 2.00 bits per heavy atom. The maximum atomic E-state index is 12.1. The lowest BCUT2D eigenvalue weighted by atomic mass is 10.2. The highest BCUT2D eigenvalue weighted by Crippen LogP contribution is 2.12. The third-order valence-electron chi connectivity index (χ3n) is 2.99. The Kier molecular flexibility index (Phi) is 3.18. The number of nitrogens with zero attached hydrogens (tertiary/aromatic N) is 2. The van der Waals surface area contributed by atoms with Crippen LogP contribution in [0.1, 0.15) is 16.1 Å². The zero-order valence-corrected chi connectivity index (χ0v) is 10.7. The van der Waals surface area contributed by atoms with E-state index in [-0.39, 0.29) is 12.5 Å². The van der Waals surface area contributed by atoms with Crippen LogP contribution < -0.4 is 5.32 Å². The van der Waals surface area contributed by atoms with Crippen molar-refractivity contribution in [3.63, 3.8) is 0 Å². The zero-order chi connectivity index (χ0) is 13.9. The molecule has 1 amide bonds. The summed E-state index contributed by atoms with van der Waals surface area (Å²) in [5.41, 5.74) is 2.57. The molecule has 0 atom stereocenters. The summed E-state index contributed by atoms with van der Waals surface area (Å²) < 4.78 is 1.80. The molecule has 20 heavy (non-hydrogen) atoms. The minimum Gasteiger partial charge on any atom is -0.392 e. The Morgan fingerprint density at radius 3 is 2.70 bits per heavy atom. The lowest BCUT2D eigenvalue weighted by Crippen LogP contribution is -2.12. The Hall–Kier alpha value is -2.66. The lowest BCUT2D eigenvalue weighted by Gasteiger charge is -2.03. The monoisotopic (exact) mass is 267 g/mol. The molecule has 0 saturated heterocycles. The van der Waals surface area contributed by atoms with E-state index in [1.807, 2.05) is 24.4 Å². The van der Waals surface area contributed by atoms with Gasteiger partial charge in [-0.15, -0.1) is 0 Å². The second-order valence-corrected chi connectivity index (χ2v) is 4.40. The summed E-state index contributed by atoms with van der Waals surface area (Å²) in [6.45, 7) is -0.0132. The Labute approximate surface area is 115 Å². The molecule has 0 radical (unpaired) electrons. The number of fused-ring (bicyclic) bond motifs is 1. The molecule has 0 bridgehead atoms. The summed E-state index contributed by atoms with van der Waals surface area (Å²) in [5.74, 6) is -0.259. The van der Waals surface area contributed by atoms with E-state index in [9.17, 15) is 4.79 Å². The number of hydrogen-bond donors (Lipinski definition) is 2. The van der Waals surface area contributed by atoms with Crippen LogP contribution in [0.4, 0.5) is 5.69 Å². The number of carbonyl (C=O) groups is 1. The molecule has 0 unspecified atom stereocenters. The second-order valence-electron chi connectivity index (χ2n) is 4.40. The Balaban J connectivity index is 1.81. The van der Waals surface area contributed by atoms with E-state index in [1.165, 1.54) is 0 Å². The highest BCUT2D eigenvalue weighted by Gasteiger charge is 2.10. The highest BCUT2D eigenvalue weighted by atomic mass is 16.3. The van der Waals surface area contributed by atoms with Crippen LogP contribution in [0.15, 0.2) is 54.9 Å². The van der Waals surface area contributed by atoms with Crippen molar-refractivity contribution in [1.29, 1.82) is 0 Å². The second kappa shape index (κ2) is 5.14. The van der Waals surface area contributed by atoms with Crippen molar-refractivity contribution in [3.8, 4) is 0 Å². The van der Waals surface area contributed by atoms with E-state index in [4.69, 9.17) is 5.11 Å². The van der Waals surface area contributed by atoms with Crippen LogP contribution in [0.5, 0.6) is 0 Å². The standard InChI is InChI=1S/C15H13N3O2/c19-10-11-4-6-12(7-5-11)16-15(20)13-9-18-8-2-1-3-14(18)17-13/h1-9,19H,10H2,(H,16,20). The van der Waals surface area contributed by atoms with Gasteiger partial charge in [0.05, 0.1) is 6.61 Å². The topological polar surface area (TPSA) is 66.6 Å². The third-order valence-corrected chi connectivity index (χ3v) is 2.99. The van der Waals surface area contributed by atoms with E-state index in [0.29, 0.717) is 11.4 Å². The molecular weight excluding hydrogens is 254 g/mol. The number of carbonyl (C=O) groups excluding carboxylic acids is 1. The predicted molar refractivity (Wildman–Crippen MR) is 75.5 cm³/mol. The number of hydrogen-bond acceptors (Lipinski definition) is 3. The van der Waals surface area contributed by atoms with Gasteiger partial charge in [0, 0.05) is 18.1 Å². The number of amides is 1. The van der Waals surface area contributed by atoms with Crippen LogP contribution in [0, 0.1) is 0 Å². The van der Waals surface area contributed by atoms with Gasteiger partial charge in [0.15, 0.2) is 0 Å². The first kappa shape index (κ1) is 12.4. The molecular formula is C15H13N3O2. The molecule has 0 spiro atoms. The number of imidazole rings is 1. The molecule has 5 nitrogen and oxygen atoms in total. The van der Waals surface area contributed by atoms with Crippen LogP contribution in [-0.4, -0.2) is 20.4 Å². The van der Waals surface area contributed by atoms with E-state index < -0.39 is 0 Å². The zero-order valence-electron chi connectivity index (χ0n) is 10.7. The quantitative estimate of drug-likeness (QED) is 0.763. The van der Waals surface area contributed by atoms with Crippen LogP contribution in [0.25, 0.3) is 5.65 Å². The first-order valence-corrected chi connectivity index (χ1v) is 6.21. The molecule has 3 rings (SSSR count). The molecule has 2 N–H and O–H groups in total. The van der Waals surface area contributed by atoms with Crippen molar-refractivity contribution in [2.45, 2.75) is 6.61 Å². The highest BCUT2D eigenvalue weighted by molar-refractivity contribution is 6.03. The summed E-state index contributed by atoms with van der Waals surface area (Å²) in [6.07, 6.45) is 3.53. The average Bonchev–Trinajstić information content (AvgIpc) is 2.92. The Morgan fingerprint density at radius 1 is 1.20 bits per heavy atom. The fourth-order valence-corrected chi connectivity index (χ4v) is 1.93. The van der Waals surface area contributed by atoms with Gasteiger partial charge in [0.2, 0.25) is 0 Å². The molecule has 0 aliphatic rings. The van der Waals surface area contributed by atoms with Crippen LogP contribution in [0.2, 0.25) is 0 Å². The molecule has 0 aliphatic carbocycles. The minimum atomic E-state index is -0.259. The number of aromatic nitrogens is 2. The van der Waals surface area contributed by atoms with Crippen molar-refractivity contribution >= 4 is 17.2 Å². The van der Waals surface area contributed by atoms with E-state index >= 15 is 0 Å². The molecule has 0 aliphatic heterocycles.